The van der Waals surface area contributed by atoms with Crippen LogP contribution in [-0.2, 0) is 6.54 Å². The van der Waals surface area contributed by atoms with Gasteiger partial charge in [0.2, 0.25) is 0 Å². The van der Waals surface area contributed by atoms with E-state index in [0.29, 0.717) is 6.54 Å². The van der Waals surface area contributed by atoms with Crippen molar-refractivity contribution in [3.05, 3.63) is 46.9 Å². The highest BCUT2D eigenvalue weighted by atomic mass is 35.5. The fourth-order valence-corrected chi connectivity index (χ4v) is 2.85. The predicted molar refractivity (Wildman–Crippen MR) is 75.4 cm³/mol. The molecule has 0 bridgehead atoms. The summed E-state index contributed by atoms with van der Waals surface area (Å²) < 4.78 is 6.58. The highest BCUT2D eigenvalue weighted by molar-refractivity contribution is 7.22. The van der Waals surface area contributed by atoms with Gasteiger partial charge in [-0.05, 0) is 37.3 Å². The molecule has 3 rings (SSSR count). The van der Waals surface area contributed by atoms with Crippen molar-refractivity contribution in [2.45, 2.75) is 13.5 Å². The average Bonchev–Trinajstić information content (AvgIpc) is 2.92. The van der Waals surface area contributed by atoms with Crippen LogP contribution in [0, 0.1) is 6.92 Å². The van der Waals surface area contributed by atoms with Gasteiger partial charge in [0.15, 0.2) is 5.13 Å². The molecule has 1 aromatic carbocycles. The average molecular weight is 279 g/mol. The van der Waals surface area contributed by atoms with Gasteiger partial charge in [0.1, 0.15) is 11.5 Å². The van der Waals surface area contributed by atoms with E-state index < -0.39 is 0 Å². The van der Waals surface area contributed by atoms with Crippen LogP contribution in [0.2, 0.25) is 5.02 Å². The molecule has 1 N–H and O–H groups in total. The van der Waals surface area contributed by atoms with Crippen molar-refractivity contribution in [2.24, 2.45) is 0 Å². The monoisotopic (exact) mass is 278 g/mol. The molecular weight excluding hydrogens is 268 g/mol. The molecule has 0 atom stereocenters. The first kappa shape index (κ1) is 11.6. The summed E-state index contributed by atoms with van der Waals surface area (Å²) >= 11 is 7.54. The Balaban J connectivity index is 1.78. The van der Waals surface area contributed by atoms with E-state index in [0.717, 1.165) is 31.9 Å². The van der Waals surface area contributed by atoms with Gasteiger partial charge >= 0.3 is 0 Å². The number of furan rings is 1. The van der Waals surface area contributed by atoms with E-state index in [9.17, 15) is 0 Å². The number of nitrogens with one attached hydrogen (secondary N) is 1. The van der Waals surface area contributed by atoms with Gasteiger partial charge in [0.05, 0.1) is 16.8 Å². The van der Waals surface area contributed by atoms with Crippen LogP contribution in [0.25, 0.3) is 10.2 Å². The number of aryl methyl sites for hydroxylation is 1. The minimum absolute atomic E-state index is 0.640. The zero-order valence-corrected chi connectivity index (χ0v) is 11.3. The first-order valence-electron chi connectivity index (χ1n) is 5.56. The van der Waals surface area contributed by atoms with E-state index in [-0.39, 0.29) is 0 Å². The molecule has 0 amide bonds. The normalized spacial score (nSPS) is 11.0. The van der Waals surface area contributed by atoms with Crippen LogP contribution in [0.3, 0.4) is 0 Å². The van der Waals surface area contributed by atoms with Gasteiger partial charge in [0, 0.05) is 5.02 Å². The van der Waals surface area contributed by atoms with E-state index in [1.165, 1.54) is 0 Å². The van der Waals surface area contributed by atoms with Gasteiger partial charge in [-0.25, -0.2) is 4.98 Å². The molecule has 18 heavy (non-hydrogen) atoms. The van der Waals surface area contributed by atoms with Crippen LogP contribution in [0.4, 0.5) is 5.13 Å². The van der Waals surface area contributed by atoms with Gasteiger partial charge in [-0.3, -0.25) is 0 Å². The minimum Gasteiger partial charge on any atom is -0.465 e. The maximum Gasteiger partial charge on any atom is 0.184 e. The first-order chi connectivity index (χ1) is 8.70. The predicted octanol–water partition coefficient (Wildman–Crippen LogP) is 4.46. The number of aromatic nitrogens is 1. The van der Waals surface area contributed by atoms with E-state index in [1.807, 2.05) is 37.3 Å². The number of halogens is 1. The van der Waals surface area contributed by atoms with Gasteiger partial charge < -0.3 is 9.73 Å². The first-order valence-corrected chi connectivity index (χ1v) is 6.75. The SMILES string of the molecule is Cc1ccc(CNc2nc3ccc(Cl)cc3s2)o1. The molecule has 0 saturated carbocycles. The molecule has 3 aromatic rings. The second-order valence-corrected chi connectivity index (χ2v) is 5.46. The number of hydrogen-bond donors (Lipinski definition) is 1. The molecule has 92 valence electrons. The molecule has 0 aliphatic heterocycles. The lowest BCUT2D eigenvalue weighted by Gasteiger charge is -1.97. The second kappa shape index (κ2) is 4.63. The molecule has 0 fully saturated rings. The van der Waals surface area contributed by atoms with Crippen molar-refractivity contribution >= 4 is 38.3 Å². The van der Waals surface area contributed by atoms with Crippen molar-refractivity contribution in [2.75, 3.05) is 5.32 Å². The quantitative estimate of drug-likeness (QED) is 0.768. The van der Waals surface area contributed by atoms with Crippen LogP contribution in [0.1, 0.15) is 11.5 Å². The smallest absolute Gasteiger partial charge is 0.184 e. The van der Waals surface area contributed by atoms with Crippen molar-refractivity contribution < 1.29 is 4.42 Å². The largest absolute Gasteiger partial charge is 0.465 e. The van der Waals surface area contributed by atoms with Crippen LogP contribution < -0.4 is 5.32 Å². The van der Waals surface area contributed by atoms with Gasteiger partial charge in [-0.15, -0.1) is 0 Å². The lowest BCUT2D eigenvalue weighted by Crippen LogP contribution is -1.96. The Hall–Kier alpha value is -1.52. The van der Waals surface area contributed by atoms with Gasteiger partial charge in [-0.1, -0.05) is 22.9 Å². The van der Waals surface area contributed by atoms with E-state index in [4.69, 9.17) is 16.0 Å². The maximum absolute atomic E-state index is 5.95. The Labute approximate surface area is 113 Å². The van der Waals surface area contributed by atoms with Crippen LogP contribution in [0.15, 0.2) is 34.7 Å². The summed E-state index contributed by atoms with van der Waals surface area (Å²) in [4.78, 5) is 4.48. The van der Waals surface area contributed by atoms with Gasteiger partial charge in [0.25, 0.3) is 0 Å². The van der Waals surface area contributed by atoms with E-state index in [2.05, 4.69) is 10.3 Å². The van der Waals surface area contributed by atoms with E-state index >= 15 is 0 Å². The molecule has 0 aliphatic carbocycles. The highest BCUT2D eigenvalue weighted by Gasteiger charge is 2.05. The summed E-state index contributed by atoms with van der Waals surface area (Å²) in [5.41, 5.74) is 0.961. The minimum atomic E-state index is 0.640. The molecule has 3 nitrogen and oxygen atoms in total. The Morgan fingerprint density at radius 3 is 3.00 bits per heavy atom. The third-order valence-corrected chi connectivity index (χ3v) is 3.77. The van der Waals surface area contributed by atoms with Crippen molar-refractivity contribution in [1.82, 2.24) is 4.98 Å². The summed E-state index contributed by atoms with van der Waals surface area (Å²) in [5.74, 6) is 1.83. The number of anilines is 1. The Morgan fingerprint density at radius 1 is 1.33 bits per heavy atom. The molecule has 0 saturated heterocycles. The van der Waals surface area contributed by atoms with Crippen molar-refractivity contribution in [1.29, 1.82) is 0 Å². The Bertz CT molecular complexity index is 689. The number of nitrogens with zero attached hydrogens (tertiary/aromatic N) is 1. The fourth-order valence-electron chi connectivity index (χ4n) is 1.72. The fraction of sp³-hybridized carbons (Fsp3) is 0.154. The Morgan fingerprint density at radius 2 is 2.22 bits per heavy atom. The summed E-state index contributed by atoms with van der Waals surface area (Å²) in [6.07, 6.45) is 0. The highest BCUT2D eigenvalue weighted by Crippen LogP contribution is 2.28. The zero-order chi connectivity index (χ0) is 12.5. The third kappa shape index (κ3) is 2.35. The molecule has 2 heterocycles. The lowest BCUT2D eigenvalue weighted by atomic mass is 10.3. The molecule has 5 heteroatoms. The Kier molecular flexibility index (Phi) is 2.97. The summed E-state index contributed by atoms with van der Waals surface area (Å²) in [6.45, 7) is 2.57. The molecule has 0 unspecified atom stereocenters. The topological polar surface area (TPSA) is 38.1 Å². The van der Waals surface area contributed by atoms with E-state index in [1.54, 1.807) is 11.3 Å². The standard InChI is InChI=1S/C13H11ClN2OS/c1-8-2-4-10(17-8)7-15-13-16-11-5-3-9(14)6-12(11)18-13/h2-6H,7H2,1H3,(H,15,16). The van der Waals surface area contributed by atoms with Crippen molar-refractivity contribution in [3.8, 4) is 0 Å². The van der Waals surface area contributed by atoms with Crippen molar-refractivity contribution in [3.63, 3.8) is 0 Å². The maximum atomic E-state index is 5.95. The van der Waals surface area contributed by atoms with Crippen LogP contribution in [-0.4, -0.2) is 4.98 Å². The number of hydrogen-bond acceptors (Lipinski definition) is 4. The van der Waals surface area contributed by atoms with Crippen LogP contribution >= 0.6 is 22.9 Å². The molecule has 0 radical (unpaired) electrons. The third-order valence-electron chi connectivity index (χ3n) is 2.56. The van der Waals surface area contributed by atoms with Gasteiger partial charge in [-0.2, -0.15) is 0 Å². The van der Waals surface area contributed by atoms with Crippen LogP contribution in [0.5, 0.6) is 0 Å². The zero-order valence-electron chi connectivity index (χ0n) is 9.74. The number of fused-ring (bicyclic) bond motifs is 1. The lowest BCUT2D eigenvalue weighted by molar-refractivity contribution is 0.490. The molecule has 0 aliphatic rings. The summed E-state index contributed by atoms with van der Waals surface area (Å²) in [7, 11) is 0. The molecule has 2 aromatic heterocycles. The summed E-state index contributed by atoms with van der Waals surface area (Å²) in [5, 5.41) is 4.87. The summed E-state index contributed by atoms with van der Waals surface area (Å²) in [6, 6.07) is 9.62. The molecular formula is C13H11ClN2OS. The number of benzene rings is 1. The number of rotatable bonds is 3. The number of thiazole rings is 1. The second-order valence-electron chi connectivity index (χ2n) is 4.00. The molecule has 0 spiro atoms.